The van der Waals surface area contributed by atoms with E-state index in [0.717, 1.165) is 6.07 Å². The van der Waals surface area contributed by atoms with E-state index in [9.17, 15) is 18.0 Å². The molecule has 5 nitrogen and oxygen atoms in total. The van der Waals surface area contributed by atoms with Crippen molar-refractivity contribution in [2.24, 2.45) is 11.5 Å². The SMILES string of the molecule is NC(=O)OCCNc1ccc(C(N)=S)c(C(F)(F)F)c1. The number of hydrogen-bond acceptors (Lipinski definition) is 4. The third kappa shape index (κ3) is 4.57. The number of thiocarbonyl (C=S) groups is 1. The predicted molar refractivity (Wildman–Crippen MR) is 71.4 cm³/mol. The van der Waals surface area contributed by atoms with Gasteiger partial charge < -0.3 is 21.5 Å². The number of primary amides is 1. The summed E-state index contributed by atoms with van der Waals surface area (Å²) in [5, 5.41) is 2.66. The Balaban J connectivity index is 2.85. The topological polar surface area (TPSA) is 90.4 Å². The van der Waals surface area contributed by atoms with Crippen LogP contribution in [-0.4, -0.2) is 24.2 Å². The molecule has 0 unspecified atom stereocenters. The van der Waals surface area contributed by atoms with Crippen LogP contribution in [0.1, 0.15) is 11.1 Å². The molecule has 1 amide bonds. The lowest BCUT2D eigenvalue weighted by Gasteiger charge is -2.14. The normalized spacial score (nSPS) is 10.9. The molecule has 0 saturated heterocycles. The Bertz CT molecular complexity index is 520. The van der Waals surface area contributed by atoms with Crippen LogP contribution < -0.4 is 16.8 Å². The third-order valence-corrected chi connectivity index (χ3v) is 2.49. The molecule has 9 heteroatoms. The number of nitrogens with two attached hydrogens (primary N) is 2. The second kappa shape index (κ2) is 6.42. The fourth-order valence-corrected chi connectivity index (χ4v) is 1.63. The summed E-state index contributed by atoms with van der Waals surface area (Å²) < 4.78 is 43.0. The maximum atomic E-state index is 12.9. The van der Waals surface area contributed by atoms with Gasteiger partial charge in [0.1, 0.15) is 11.6 Å². The molecule has 1 aromatic rings. The molecule has 0 saturated carbocycles. The summed E-state index contributed by atoms with van der Waals surface area (Å²) >= 11 is 4.58. The monoisotopic (exact) mass is 307 g/mol. The second-order valence-corrected chi connectivity index (χ2v) is 4.16. The molecule has 0 aliphatic rings. The largest absolute Gasteiger partial charge is 0.448 e. The van der Waals surface area contributed by atoms with Crippen molar-refractivity contribution in [2.45, 2.75) is 6.18 Å². The first-order valence-corrected chi connectivity index (χ1v) is 5.80. The molecule has 0 atom stereocenters. The molecule has 5 N–H and O–H groups in total. The van der Waals surface area contributed by atoms with Gasteiger partial charge in [-0.15, -0.1) is 0 Å². The number of benzene rings is 1. The Morgan fingerprint density at radius 2 is 2.00 bits per heavy atom. The van der Waals surface area contributed by atoms with Gasteiger partial charge in [0.25, 0.3) is 0 Å². The van der Waals surface area contributed by atoms with Crippen molar-refractivity contribution in [3.63, 3.8) is 0 Å². The van der Waals surface area contributed by atoms with Crippen molar-refractivity contribution >= 4 is 29.0 Å². The van der Waals surface area contributed by atoms with E-state index in [0.29, 0.717) is 0 Å². The lowest BCUT2D eigenvalue weighted by molar-refractivity contribution is -0.137. The maximum Gasteiger partial charge on any atom is 0.417 e. The van der Waals surface area contributed by atoms with E-state index in [2.05, 4.69) is 22.3 Å². The number of amides is 1. The van der Waals surface area contributed by atoms with E-state index < -0.39 is 17.8 Å². The second-order valence-electron chi connectivity index (χ2n) is 3.72. The number of ether oxygens (including phenoxy) is 1. The van der Waals surface area contributed by atoms with Gasteiger partial charge in [0.05, 0.1) is 5.56 Å². The molecule has 0 heterocycles. The highest BCUT2D eigenvalue weighted by atomic mass is 32.1. The third-order valence-electron chi connectivity index (χ3n) is 2.27. The molecule has 1 aromatic carbocycles. The average Bonchev–Trinajstić information content (AvgIpc) is 2.33. The number of anilines is 1. The number of carbonyl (C=O) groups is 1. The van der Waals surface area contributed by atoms with Gasteiger partial charge in [-0.2, -0.15) is 13.2 Å². The zero-order chi connectivity index (χ0) is 15.3. The van der Waals surface area contributed by atoms with E-state index in [1.165, 1.54) is 12.1 Å². The van der Waals surface area contributed by atoms with Crippen LogP contribution in [0.15, 0.2) is 18.2 Å². The highest BCUT2D eigenvalue weighted by Gasteiger charge is 2.34. The van der Waals surface area contributed by atoms with E-state index >= 15 is 0 Å². The zero-order valence-corrected chi connectivity index (χ0v) is 11.0. The van der Waals surface area contributed by atoms with Crippen LogP contribution in [-0.2, 0) is 10.9 Å². The summed E-state index contributed by atoms with van der Waals surface area (Å²) in [5.41, 5.74) is 9.03. The van der Waals surface area contributed by atoms with Gasteiger partial charge in [0.15, 0.2) is 0 Å². The van der Waals surface area contributed by atoms with E-state index in [-0.39, 0.29) is 29.4 Å². The van der Waals surface area contributed by atoms with Crippen molar-refractivity contribution < 1.29 is 22.7 Å². The van der Waals surface area contributed by atoms with Gasteiger partial charge in [0, 0.05) is 17.8 Å². The first kappa shape index (κ1) is 16.0. The summed E-state index contributed by atoms with van der Waals surface area (Å²) in [7, 11) is 0. The highest BCUT2D eigenvalue weighted by molar-refractivity contribution is 7.80. The van der Waals surface area contributed by atoms with Crippen molar-refractivity contribution in [3.8, 4) is 0 Å². The van der Waals surface area contributed by atoms with Gasteiger partial charge in [-0.25, -0.2) is 4.79 Å². The minimum atomic E-state index is -4.57. The minimum absolute atomic E-state index is 0.0618. The number of alkyl halides is 3. The Morgan fingerprint density at radius 3 is 2.50 bits per heavy atom. The molecule has 0 radical (unpaired) electrons. The van der Waals surface area contributed by atoms with E-state index in [1.54, 1.807) is 0 Å². The summed E-state index contributed by atoms with van der Waals surface area (Å²) in [4.78, 5) is 9.98. The summed E-state index contributed by atoms with van der Waals surface area (Å²) in [6, 6.07) is 3.47. The molecular formula is C11H12F3N3O2S. The Kier molecular flexibility index (Phi) is 5.14. The molecule has 110 valence electrons. The highest BCUT2D eigenvalue weighted by Crippen LogP contribution is 2.33. The van der Waals surface area contributed by atoms with Crippen molar-refractivity contribution in [2.75, 3.05) is 18.5 Å². The molecule has 1 rings (SSSR count). The quantitative estimate of drug-likeness (QED) is 0.570. The number of halogens is 3. The van der Waals surface area contributed by atoms with Crippen molar-refractivity contribution in [1.29, 1.82) is 0 Å². The molecule has 0 fully saturated rings. The molecule has 20 heavy (non-hydrogen) atoms. The van der Waals surface area contributed by atoms with Crippen LogP contribution >= 0.6 is 12.2 Å². The fraction of sp³-hybridized carbons (Fsp3) is 0.273. The Labute approximate surface area is 118 Å². The maximum absolute atomic E-state index is 12.9. The van der Waals surface area contributed by atoms with Crippen molar-refractivity contribution in [1.82, 2.24) is 0 Å². The lowest BCUT2D eigenvalue weighted by atomic mass is 10.1. The average molecular weight is 307 g/mol. The molecule has 0 aliphatic carbocycles. The van der Waals surface area contributed by atoms with Crippen LogP contribution in [0.3, 0.4) is 0 Å². The van der Waals surface area contributed by atoms with E-state index in [1.807, 2.05) is 0 Å². The van der Waals surface area contributed by atoms with Gasteiger partial charge in [-0.1, -0.05) is 12.2 Å². The fourth-order valence-electron chi connectivity index (χ4n) is 1.45. The van der Waals surface area contributed by atoms with Gasteiger partial charge in [-0.3, -0.25) is 0 Å². The first-order valence-electron chi connectivity index (χ1n) is 5.39. The number of rotatable bonds is 5. The standard InChI is InChI=1S/C11H12F3N3O2S/c12-11(13,14)8-5-6(1-2-7(8)9(15)20)17-3-4-19-10(16)18/h1-2,5,17H,3-4H2,(H2,15,20)(H2,16,18). The minimum Gasteiger partial charge on any atom is -0.448 e. The van der Waals surface area contributed by atoms with Gasteiger partial charge in [-0.05, 0) is 18.2 Å². The van der Waals surface area contributed by atoms with Crippen LogP contribution in [0, 0.1) is 0 Å². The predicted octanol–water partition coefficient (Wildman–Crippen LogP) is 1.85. The van der Waals surface area contributed by atoms with Crippen LogP contribution in [0.4, 0.5) is 23.7 Å². The first-order chi connectivity index (χ1) is 9.21. The Hall–Kier alpha value is -2.03. The lowest BCUT2D eigenvalue weighted by Crippen LogP contribution is -2.20. The van der Waals surface area contributed by atoms with Gasteiger partial charge in [0.2, 0.25) is 0 Å². The number of carbonyl (C=O) groups excluding carboxylic acids is 1. The molecule has 0 aromatic heterocycles. The van der Waals surface area contributed by atoms with E-state index in [4.69, 9.17) is 11.5 Å². The zero-order valence-electron chi connectivity index (χ0n) is 10.2. The molecule has 0 bridgehead atoms. The van der Waals surface area contributed by atoms with Crippen LogP contribution in [0.25, 0.3) is 0 Å². The molecule has 0 spiro atoms. The Morgan fingerprint density at radius 1 is 1.35 bits per heavy atom. The summed E-state index contributed by atoms with van der Waals surface area (Å²) in [6.07, 6.45) is -5.52. The van der Waals surface area contributed by atoms with Crippen molar-refractivity contribution in [3.05, 3.63) is 29.3 Å². The number of nitrogens with one attached hydrogen (secondary N) is 1. The molecule has 0 aliphatic heterocycles. The molecular weight excluding hydrogens is 295 g/mol. The van der Waals surface area contributed by atoms with Gasteiger partial charge >= 0.3 is 12.3 Å². The summed E-state index contributed by atoms with van der Waals surface area (Å²) in [6.45, 7) is 0.0559. The van der Waals surface area contributed by atoms with Crippen LogP contribution in [0.5, 0.6) is 0 Å². The smallest absolute Gasteiger partial charge is 0.417 e. The van der Waals surface area contributed by atoms with Crippen LogP contribution in [0.2, 0.25) is 0 Å². The summed E-state index contributed by atoms with van der Waals surface area (Å²) in [5.74, 6) is 0. The number of hydrogen-bond donors (Lipinski definition) is 3.